The van der Waals surface area contributed by atoms with Gasteiger partial charge in [-0.05, 0) is 17.5 Å². The number of aromatic nitrogens is 2. The number of hydrogen-bond donors (Lipinski definition) is 2. The maximum absolute atomic E-state index is 11.8. The Labute approximate surface area is 108 Å². The summed E-state index contributed by atoms with van der Waals surface area (Å²) in [7, 11) is 1.28. The topological polar surface area (TPSA) is 101 Å². The molecule has 18 heavy (non-hydrogen) atoms. The first-order valence-corrected chi connectivity index (χ1v) is 6.10. The molecule has 0 fully saturated rings. The van der Waals surface area contributed by atoms with Crippen molar-refractivity contribution in [2.45, 2.75) is 25.9 Å². The molecule has 0 aromatic carbocycles. The van der Waals surface area contributed by atoms with Crippen molar-refractivity contribution in [1.82, 2.24) is 14.9 Å². The summed E-state index contributed by atoms with van der Waals surface area (Å²) in [5, 5.41) is 15.1. The number of carboxylic acids is 1. The van der Waals surface area contributed by atoms with Crippen LogP contribution in [0.25, 0.3) is 0 Å². The predicted octanol–water partition coefficient (Wildman–Crippen LogP) is 0.491. The second-order valence-electron chi connectivity index (χ2n) is 3.91. The molecule has 1 atom stereocenters. The van der Waals surface area contributed by atoms with Gasteiger partial charge < -0.3 is 15.2 Å². The van der Waals surface area contributed by atoms with E-state index in [1.165, 1.54) is 7.11 Å². The third kappa shape index (κ3) is 3.47. The standard InChI is InChI=1S/C10H15N3O4S/c1-5(2)7-8(18-13-12-7)9(14)11-4-6(17-3)10(15)16/h5-6H,4H2,1-3H3,(H,11,14)(H,15,16). The molecular formula is C10H15N3O4S. The van der Waals surface area contributed by atoms with Crippen LogP contribution in [0.2, 0.25) is 0 Å². The largest absolute Gasteiger partial charge is 0.479 e. The van der Waals surface area contributed by atoms with Crippen LogP contribution in [0.4, 0.5) is 0 Å². The van der Waals surface area contributed by atoms with Crippen molar-refractivity contribution in [3.8, 4) is 0 Å². The molecule has 2 N–H and O–H groups in total. The summed E-state index contributed by atoms with van der Waals surface area (Å²) in [6, 6.07) is 0. The first kappa shape index (κ1) is 14.5. The summed E-state index contributed by atoms with van der Waals surface area (Å²) in [5.74, 6) is -1.41. The van der Waals surface area contributed by atoms with Crippen molar-refractivity contribution < 1.29 is 19.4 Å². The van der Waals surface area contributed by atoms with Gasteiger partial charge >= 0.3 is 5.97 Å². The van der Waals surface area contributed by atoms with Crippen LogP contribution in [-0.4, -0.2) is 46.3 Å². The minimum Gasteiger partial charge on any atom is -0.479 e. The molecule has 0 aliphatic carbocycles. The maximum Gasteiger partial charge on any atom is 0.334 e. The second-order valence-corrected chi connectivity index (χ2v) is 4.67. The zero-order valence-electron chi connectivity index (χ0n) is 10.3. The molecule has 0 saturated carbocycles. The number of aliphatic carboxylic acids is 1. The van der Waals surface area contributed by atoms with E-state index in [0.29, 0.717) is 10.6 Å². The molecule has 1 heterocycles. The normalized spacial score (nSPS) is 12.4. The highest BCUT2D eigenvalue weighted by Gasteiger charge is 2.21. The lowest BCUT2D eigenvalue weighted by Gasteiger charge is -2.11. The van der Waals surface area contributed by atoms with Crippen molar-refractivity contribution >= 4 is 23.4 Å². The van der Waals surface area contributed by atoms with E-state index in [2.05, 4.69) is 14.9 Å². The lowest BCUT2D eigenvalue weighted by Crippen LogP contribution is -2.37. The molecule has 1 rings (SSSR count). The summed E-state index contributed by atoms with van der Waals surface area (Å²) in [4.78, 5) is 23.0. The van der Waals surface area contributed by atoms with Crippen LogP contribution in [0.15, 0.2) is 0 Å². The highest BCUT2D eigenvalue weighted by atomic mass is 32.1. The van der Waals surface area contributed by atoms with Gasteiger partial charge in [-0.1, -0.05) is 18.3 Å². The fourth-order valence-electron chi connectivity index (χ4n) is 1.27. The molecule has 0 radical (unpaired) electrons. The number of ether oxygens (including phenoxy) is 1. The molecule has 7 nitrogen and oxygen atoms in total. The molecule has 0 saturated heterocycles. The zero-order chi connectivity index (χ0) is 13.7. The molecule has 1 aromatic heterocycles. The Bertz CT molecular complexity index is 433. The number of carbonyl (C=O) groups is 2. The summed E-state index contributed by atoms with van der Waals surface area (Å²) >= 11 is 0.992. The molecule has 100 valence electrons. The van der Waals surface area contributed by atoms with Crippen molar-refractivity contribution in [3.63, 3.8) is 0 Å². The minimum atomic E-state index is -1.12. The number of nitrogens with zero attached hydrogens (tertiary/aromatic N) is 2. The van der Waals surface area contributed by atoms with E-state index >= 15 is 0 Å². The van der Waals surface area contributed by atoms with E-state index in [-0.39, 0.29) is 18.4 Å². The molecular weight excluding hydrogens is 258 g/mol. The van der Waals surface area contributed by atoms with Crippen LogP contribution in [0.3, 0.4) is 0 Å². The Kier molecular flexibility index (Phi) is 5.17. The Balaban J connectivity index is 2.65. The smallest absolute Gasteiger partial charge is 0.334 e. The lowest BCUT2D eigenvalue weighted by atomic mass is 10.1. The van der Waals surface area contributed by atoms with Crippen molar-refractivity contribution in [2.75, 3.05) is 13.7 Å². The van der Waals surface area contributed by atoms with Gasteiger partial charge in [-0.2, -0.15) is 0 Å². The number of nitrogens with one attached hydrogen (secondary N) is 1. The molecule has 0 bridgehead atoms. The fourth-order valence-corrected chi connectivity index (χ4v) is 2.01. The van der Waals surface area contributed by atoms with Gasteiger partial charge in [-0.25, -0.2) is 4.79 Å². The Morgan fingerprint density at radius 1 is 1.50 bits per heavy atom. The van der Waals surface area contributed by atoms with Crippen LogP contribution < -0.4 is 5.32 Å². The van der Waals surface area contributed by atoms with Crippen LogP contribution in [0.1, 0.15) is 35.1 Å². The summed E-state index contributed by atoms with van der Waals surface area (Å²) in [6.07, 6.45) is -1.06. The first-order valence-electron chi connectivity index (χ1n) is 5.33. The number of methoxy groups -OCH3 is 1. The molecule has 0 aliphatic rings. The van der Waals surface area contributed by atoms with E-state index in [0.717, 1.165) is 11.5 Å². The third-order valence-electron chi connectivity index (χ3n) is 2.27. The fraction of sp³-hybridized carbons (Fsp3) is 0.600. The van der Waals surface area contributed by atoms with Gasteiger partial charge in [0.25, 0.3) is 5.91 Å². The van der Waals surface area contributed by atoms with Gasteiger partial charge in [-0.15, -0.1) is 5.10 Å². The van der Waals surface area contributed by atoms with Crippen molar-refractivity contribution in [2.24, 2.45) is 0 Å². The quantitative estimate of drug-likeness (QED) is 0.782. The van der Waals surface area contributed by atoms with Crippen LogP contribution in [-0.2, 0) is 9.53 Å². The zero-order valence-corrected chi connectivity index (χ0v) is 11.2. The van der Waals surface area contributed by atoms with Crippen molar-refractivity contribution in [3.05, 3.63) is 10.6 Å². The molecule has 0 aliphatic heterocycles. The average Bonchev–Trinajstić information content (AvgIpc) is 2.78. The maximum atomic E-state index is 11.8. The van der Waals surface area contributed by atoms with E-state index in [9.17, 15) is 9.59 Å². The van der Waals surface area contributed by atoms with Gasteiger partial charge in [0.15, 0.2) is 6.10 Å². The average molecular weight is 273 g/mol. The number of amides is 1. The van der Waals surface area contributed by atoms with Gasteiger partial charge in [0, 0.05) is 7.11 Å². The molecule has 1 amide bonds. The Morgan fingerprint density at radius 3 is 2.67 bits per heavy atom. The van der Waals surface area contributed by atoms with E-state index in [4.69, 9.17) is 9.84 Å². The number of carbonyl (C=O) groups excluding carboxylic acids is 1. The number of rotatable bonds is 6. The second kappa shape index (κ2) is 6.41. The van der Waals surface area contributed by atoms with Gasteiger partial charge in [0.1, 0.15) is 4.88 Å². The summed E-state index contributed by atoms with van der Waals surface area (Å²) in [5.41, 5.74) is 0.613. The molecule has 0 spiro atoms. The minimum absolute atomic E-state index is 0.0854. The number of hydrogen-bond acceptors (Lipinski definition) is 6. The van der Waals surface area contributed by atoms with Crippen LogP contribution in [0.5, 0.6) is 0 Å². The monoisotopic (exact) mass is 273 g/mol. The van der Waals surface area contributed by atoms with Crippen LogP contribution in [0, 0.1) is 0 Å². The summed E-state index contributed by atoms with van der Waals surface area (Å²) < 4.78 is 8.45. The van der Waals surface area contributed by atoms with Gasteiger partial charge in [0.2, 0.25) is 0 Å². The van der Waals surface area contributed by atoms with Gasteiger partial charge in [-0.3, -0.25) is 4.79 Å². The molecule has 1 unspecified atom stereocenters. The Morgan fingerprint density at radius 2 is 2.17 bits per heavy atom. The first-order chi connectivity index (χ1) is 8.47. The van der Waals surface area contributed by atoms with Crippen molar-refractivity contribution in [1.29, 1.82) is 0 Å². The van der Waals surface area contributed by atoms with E-state index in [1.807, 2.05) is 13.8 Å². The predicted molar refractivity (Wildman–Crippen MR) is 64.8 cm³/mol. The number of carboxylic acid groups (broad SMARTS) is 1. The lowest BCUT2D eigenvalue weighted by molar-refractivity contribution is -0.147. The highest BCUT2D eigenvalue weighted by molar-refractivity contribution is 7.08. The SMILES string of the molecule is COC(CNC(=O)c1snnc1C(C)C)C(=O)O. The molecule has 1 aromatic rings. The highest BCUT2D eigenvalue weighted by Crippen LogP contribution is 2.19. The van der Waals surface area contributed by atoms with E-state index < -0.39 is 12.1 Å². The van der Waals surface area contributed by atoms with Gasteiger partial charge in [0.05, 0.1) is 12.2 Å². The third-order valence-corrected chi connectivity index (χ3v) is 3.01. The molecule has 8 heteroatoms. The summed E-state index contributed by atoms with van der Waals surface area (Å²) in [6.45, 7) is 3.71. The van der Waals surface area contributed by atoms with Crippen LogP contribution >= 0.6 is 11.5 Å². The van der Waals surface area contributed by atoms with E-state index in [1.54, 1.807) is 0 Å². The Hall–Kier alpha value is -1.54.